The molecular weight excluding hydrogens is 248 g/mol. The fourth-order valence-corrected chi connectivity index (χ4v) is 2.08. The number of nitrogens with one attached hydrogen (secondary N) is 1. The lowest BCUT2D eigenvalue weighted by molar-refractivity contribution is -0.0183. The van der Waals surface area contributed by atoms with E-state index in [9.17, 15) is 9.90 Å². The van der Waals surface area contributed by atoms with Gasteiger partial charge in [0.2, 0.25) is 0 Å². The lowest BCUT2D eigenvalue weighted by Crippen LogP contribution is -2.50. The van der Waals surface area contributed by atoms with Crippen LogP contribution in [-0.4, -0.2) is 53.3 Å². The van der Waals surface area contributed by atoms with E-state index in [0.29, 0.717) is 31.0 Å². The van der Waals surface area contributed by atoms with E-state index in [2.05, 4.69) is 10.4 Å². The minimum atomic E-state index is -0.326. The number of ether oxygens (including phenoxy) is 1. The topological polar surface area (TPSA) is 101 Å². The normalized spacial score (nSPS) is 19.3. The van der Waals surface area contributed by atoms with Crippen LogP contribution in [0.25, 0.3) is 0 Å². The Morgan fingerprint density at radius 3 is 3.21 bits per heavy atom. The number of hydrogen-bond donors (Lipinski definition) is 3. The molecule has 1 amide bonds. The summed E-state index contributed by atoms with van der Waals surface area (Å²) < 4.78 is 5.26. The van der Waals surface area contributed by atoms with E-state index in [-0.39, 0.29) is 18.6 Å². The number of anilines is 1. The van der Waals surface area contributed by atoms with Gasteiger partial charge in [-0.1, -0.05) is 0 Å². The first-order valence-corrected chi connectivity index (χ1v) is 6.10. The van der Waals surface area contributed by atoms with E-state index >= 15 is 0 Å². The second-order valence-electron chi connectivity index (χ2n) is 4.43. The van der Waals surface area contributed by atoms with Crippen LogP contribution in [0.3, 0.4) is 0 Å². The van der Waals surface area contributed by atoms with Gasteiger partial charge in [0, 0.05) is 18.4 Å². The number of aliphatic hydroxyl groups is 1. The standard InChI is InChI=1S/C12H18N4O3/c1-8-4-11(15-13)10(5-14-8)12(18)16-2-3-19-7-9(16)6-17/h4-5,9,17H,2-3,6-7,13H2,1H3,(H,14,15). The maximum Gasteiger partial charge on any atom is 0.258 e. The van der Waals surface area contributed by atoms with Gasteiger partial charge in [0.15, 0.2) is 0 Å². The predicted molar refractivity (Wildman–Crippen MR) is 69.5 cm³/mol. The van der Waals surface area contributed by atoms with Crippen LogP contribution in [0, 0.1) is 6.92 Å². The van der Waals surface area contributed by atoms with E-state index in [0.717, 1.165) is 5.69 Å². The summed E-state index contributed by atoms with van der Waals surface area (Å²) in [4.78, 5) is 18.2. The Bertz CT molecular complexity index is 466. The number of carbonyl (C=O) groups is 1. The third-order valence-corrected chi connectivity index (χ3v) is 3.13. The number of aliphatic hydroxyl groups excluding tert-OH is 1. The zero-order valence-electron chi connectivity index (χ0n) is 10.8. The van der Waals surface area contributed by atoms with Crippen molar-refractivity contribution < 1.29 is 14.6 Å². The van der Waals surface area contributed by atoms with E-state index < -0.39 is 0 Å². The highest BCUT2D eigenvalue weighted by molar-refractivity contribution is 5.99. The van der Waals surface area contributed by atoms with Gasteiger partial charge in [0.05, 0.1) is 37.1 Å². The fraction of sp³-hybridized carbons (Fsp3) is 0.500. The molecule has 19 heavy (non-hydrogen) atoms. The molecule has 1 unspecified atom stereocenters. The highest BCUT2D eigenvalue weighted by atomic mass is 16.5. The predicted octanol–water partition coefficient (Wildman–Crippen LogP) is -0.491. The van der Waals surface area contributed by atoms with Crippen LogP contribution in [0.2, 0.25) is 0 Å². The molecule has 7 nitrogen and oxygen atoms in total. The molecule has 0 spiro atoms. The molecule has 1 atom stereocenters. The minimum Gasteiger partial charge on any atom is -0.394 e. The van der Waals surface area contributed by atoms with Crippen molar-refractivity contribution in [3.63, 3.8) is 0 Å². The smallest absolute Gasteiger partial charge is 0.258 e. The average molecular weight is 266 g/mol. The molecule has 0 aliphatic carbocycles. The number of rotatable bonds is 3. The molecule has 104 valence electrons. The largest absolute Gasteiger partial charge is 0.394 e. The SMILES string of the molecule is Cc1cc(NN)c(C(=O)N2CCOCC2CO)cn1. The zero-order chi connectivity index (χ0) is 13.8. The van der Waals surface area contributed by atoms with Gasteiger partial charge in [-0.15, -0.1) is 0 Å². The second-order valence-corrected chi connectivity index (χ2v) is 4.43. The van der Waals surface area contributed by atoms with E-state index in [1.165, 1.54) is 6.20 Å². The summed E-state index contributed by atoms with van der Waals surface area (Å²) in [7, 11) is 0. The highest BCUT2D eigenvalue weighted by Gasteiger charge is 2.29. The maximum atomic E-state index is 12.5. The van der Waals surface area contributed by atoms with Crippen LogP contribution in [0.15, 0.2) is 12.3 Å². The molecule has 0 saturated carbocycles. The zero-order valence-corrected chi connectivity index (χ0v) is 10.8. The average Bonchev–Trinajstić information content (AvgIpc) is 2.46. The van der Waals surface area contributed by atoms with Gasteiger partial charge in [0.1, 0.15) is 0 Å². The first-order chi connectivity index (χ1) is 9.17. The van der Waals surface area contributed by atoms with Gasteiger partial charge in [-0.05, 0) is 13.0 Å². The van der Waals surface area contributed by atoms with Crippen LogP contribution >= 0.6 is 0 Å². The Morgan fingerprint density at radius 1 is 1.74 bits per heavy atom. The monoisotopic (exact) mass is 266 g/mol. The highest BCUT2D eigenvalue weighted by Crippen LogP contribution is 2.19. The van der Waals surface area contributed by atoms with Gasteiger partial charge in [-0.25, -0.2) is 0 Å². The fourth-order valence-electron chi connectivity index (χ4n) is 2.08. The quantitative estimate of drug-likeness (QED) is 0.504. The van der Waals surface area contributed by atoms with Crippen LogP contribution in [-0.2, 0) is 4.74 Å². The number of hydrogen-bond acceptors (Lipinski definition) is 6. The van der Waals surface area contributed by atoms with Crippen molar-refractivity contribution in [3.8, 4) is 0 Å². The summed E-state index contributed by atoms with van der Waals surface area (Å²) in [6.45, 7) is 2.94. The summed E-state index contributed by atoms with van der Waals surface area (Å²) in [6.07, 6.45) is 1.50. The van der Waals surface area contributed by atoms with Crippen LogP contribution in [0.5, 0.6) is 0 Å². The Hall–Kier alpha value is -1.70. The summed E-state index contributed by atoms with van der Waals surface area (Å²) in [6, 6.07) is 1.38. The summed E-state index contributed by atoms with van der Waals surface area (Å²) in [5.74, 6) is 5.23. The first kappa shape index (κ1) is 13.7. The van der Waals surface area contributed by atoms with Crippen molar-refractivity contribution in [1.82, 2.24) is 9.88 Å². The molecule has 1 aromatic rings. The summed E-state index contributed by atoms with van der Waals surface area (Å²) >= 11 is 0. The van der Waals surface area contributed by atoms with Crippen molar-refractivity contribution in [2.24, 2.45) is 5.84 Å². The lowest BCUT2D eigenvalue weighted by atomic mass is 10.1. The summed E-state index contributed by atoms with van der Waals surface area (Å²) in [5, 5.41) is 9.30. The van der Waals surface area contributed by atoms with Crippen molar-refractivity contribution in [3.05, 3.63) is 23.5 Å². The maximum absolute atomic E-state index is 12.5. The Kier molecular flexibility index (Phi) is 4.31. The number of nitrogens with two attached hydrogens (primary N) is 1. The van der Waals surface area contributed by atoms with Gasteiger partial charge in [0.25, 0.3) is 5.91 Å². The van der Waals surface area contributed by atoms with Crippen LogP contribution in [0.1, 0.15) is 16.1 Å². The number of pyridine rings is 1. The lowest BCUT2D eigenvalue weighted by Gasteiger charge is -2.34. The van der Waals surface area contributed by atoms with Gasteiger partial charge >= 0.3 is 0 Å². The number of aromatic nitrogens is 1. The number of hydrazine groups is 1. The number of morpholine rings is 1. The molecule has 1 saturated heterocycles. The van der Waals surface area contributed by atoms with Gasteiger partial charge in [-0.2, -0.15) is 0 Å². The Labute approximate surface area is 111 Å². The molecule has 2 heterocycles. The van der Waals surface area contributed by atoms with Crippen LogP contribution < -0.4 is 11.3 Å². The van der Waals surface area contributed by atoms with E-state index in [4.69, 9.17) is 10.6 Å². The van der Waals surface area contributed by atoms with Gasteiger partial charge in [-0.3, -0.25) is 15.6 Å². The molecule has 0 bridgehead atoms. The molecule has 1 aliphatic heterocycles. The third kappa shape index (κ3) is 2.83. The van der Waals surface area contributed by atoms with Crippen molar-refractivity contribution >= 4 is 11.6 Å². The molecule has 2 rings (SSSR count). The van der Waals surface area contributed by atoms with Crippen molar-refractivity contribution in [2.45, 2.75) is 13.0 Å². The molecule has 7 heteroatoms. The molecule has 1 fully saturated rings. The molecule has 0 aromatic carbocycles. The van der Waals surface area contributed by atoms with Crippen molar-refractivity contribution in [1.29, 1.82) is 0 Å². The summed E-state index contributed by atoms with van der Waals surface area (Å²) in [5.41, 5.74) is 4.20. The van der Waals surface area contributed by atoms with E-state index in [1.807, 2.05) is 6.92 Å². The molecule has 4 N–H and O–H groups in total. The van der Waals surface area contributed by atoms with Crippen molar-refractivity contribution in [2.75, 3.05) is 31.8 Å². The molecule has 1 aliphatic rings. The van der Waals surface area contributed by atoms with E-state index in [1.54, 1.807) is 11.0 Å². The molecular formula is C12H18N4O3. The molecule has 1 aromatic heterocycles. The minimum absolute atomic E-state index is 0.129. The number of carbonyl (C=O) groups excluding carboxylic acids is 1. The number of amides is 1. The van der Waals surface area contributed by atoms with Gasteiger partial charge < -0.3 is 20.2 Å². The molecule has 0 radical (unpaired) electrons. The van der Waals surface area contributed by atoms with Crippen LogP contribution in [0.4, 0.5) is 5.69 Å². The Morgan fingerprint density at radius 2 is 2.53 bits per heavy atom. The number of nitrogens with zero attached hydrogens (tertiary/aromatic N) is 2. The third-order valence-electron chi connectivity index (χ3n) is 3.13. The Balaban J connectivity index is 2.27. The number of aryl methyl sites for hydroxylation is 1. The second kappa shape index (κ2) is 5.96. The number of nitrogen functional groups attached to an aromatic ring is 1. The first-order valence-electron chi connectivity index (χ1n) is 6.10.